The van der Waals surface area contributed by atoms with Crippen LogP contribution < -0.4 is 10.1 Å². The van der Waals surface area contributed by atoms with Crippen molar-refractivity contribution in [2.75, 3.05) is 6.61 Å². The van der Waals surface area contributed by atoms with E-state index in [2.05, 4.69) is 37.2 Å². The lowest BCUT2D eigenvalue weighted by atomic mass is 10.0. The number of hydrogen-bond acceptors (Lipinski definition) is 3. The van der Waals surface area contributed by atoms with Gasteiger partial charge in [-0.25, -0.2) is 0 Å². The molecule has 0 fully saturated rings. The Hall–Kier alpha value is -2.64. The number of halogens is 2. The van der Waals surface area contributed by atoms with Crippen LogP contribution in [0.25, 0.3) is 0 Å². The highest BCUT2D eigenvalue weighted by molar-refractivity contribution is 9.10. The van der Waals surface area contributed by atoms with Crippen LogP contribution in [0.1, 0.15) is 37.0 Å². The lowest BCUT2D eigenvalue weighted by molar-refractivity contribution is -0.143. The maximum absolute atomic E-state index is 13.6. The number of nitrogens with one attached hydrogen (secondary N) is 1. The van der Waals surface area contributed by atoms with Gasteiger partial charge in [0.2, 0.25) is 5.91 Å². The van der Waals surface area contributed by atoms with E-state index in [9.17, 15) is 9.59 Å². The van der Waals surface area contributed by atoms with Gasteiger partial charge in [0.1, 0.15) is 11.8 Å². The molecule has 7 heteroatoms. The van der Waals surface area contributed by atoms with E-state index in [0.717, 1.165) is 32.1 Å². The molecule has 1 N–H and O–H groups in total. The zero-order valence-corrected chi connectivity index (χ0v) is 24.0. The first-order chi connectivity index (χ1) is 17.3. The molecule has 36 heavy (non-hydrogen) atoms. The Morgan fingerprint density at radius 3 is 2.31 bits per heavy atom. The summed E-state index contributed by atoms with van der Waals surface area (Å²) in [6.45, 7) is 6.08. The van der Waals surface area contributed by atoms with Crippen molar-refractivity contribution in [3.63, 3.8) is 0 Å². The first kappa shape index (κ1) is 27.9. The molecule has 0 unspecified atom stereocenters. The Morgan fingerprint density at radius 2 is 1.67 bits per heavy atom. The first-order valence-corrected chi connectivity index (χ1v) is 13.6. The van der Waals surface area contributed by atoms with Gasteiger partial charge in [0.25, 0.3) is 5.91 Å². The smallest absolute Gasteiger partial charge is 0.261 e. The number of hydrogen-bond donors (Lipinski definition) is 1. The quantitative estimate of drug-likeness (QED) is 0.270. The minimum Gasteiger partial charge on any atom is -0.484 e. The summed E-state index contributed by atoms with van der Waals surface area (Å²) in [7, 11) is 0. The molecule has 0 radical (unpaired) electrons. The molecule has 0 aliphatic rings. The molecule has 0 saturated heterocycles. The largest absolute Gasteiger partial charge is 0.484 e. The van der Waals surface area contributed by atoms with Crippen molar-refractivity contribution in [1.82, 2.24) is 10.2 Å². The molecule has 0 heterocycles. The Balaban J connectivity index is 1.90. The highest BCUT2D eigenvalue weighted by Crippen LogP contribution is 2.22. The highest BCUT2D eigenvalue weighted by Gasteiger charge is 2.31. The van der Waals surface area contributed by atoms with E-state index in [-0.39, 0.29) is 24.5 Å². The van der Waals surface area contributed by atoms with Gasteiger partial charge in [0.05, 0.1) is 0 Å². The van der Waals surface area contributed by atoms with E-state index in [4.69, 9.17) is 4.74 Å². The second-order valence-corrected chi connectivity index (χ2v) is 10.6. The highest BCUT2D eigenvalue weighted by atomic mass is 79.9. The summed E-state index contributed by atoms with van der Waals surface area (Å²) in [5.41, 5.74) is 2.93. The minimum atomic E-state index is -0.687. The average molecular weight is 616 g/mol. The summed E-state index contributed by atoms with van der Waals surface area (Å²) in [6, 6.07) is 22.5. The van der Waals surface area contributed by atoms with Crippen LogP contribution in [0.4, 0.5) is 0 Å². The Morgan fingerprint density at radius 1 is 0.972 bits per heavy atom. The van der Waals surface area contributed by atoms with Crippen molar-refractivity contribution in [3.05, 3.63) is 98.4 Å². The number of amides is 2. The molecular formula is C29H32Br2N2O3. The molecule has 0 spiro atoms. The van der Waals surface area contributed by atoms with E-state index in [1.165, 1.54) is 0 Å². The van der Waals surface area contributed by atoms with Gasteiger partial charge >= 0.3 is 0 Å². The zero-order chi connectivity index (χ0) is 26.1. The third-order valence-electron chi connectivity index (χ3n) is 6.03. The van der Waals surface area contributed by atoms with Crippen LogP contribution in [-0.4, -0.2) is 35.4 Å². The van der Waals surface area contributed by atoms with Crippen LogP contribution in [0.5, 0.6) is 5.75 Å². The lowest BCUT2D eigenvalue weighted by Crippen LogP contribution is -2.53. The Bertz CT molecular complexity index is 1150. The molecule has 2 amide bonds. The van der Waals surface area contributed by atoms with E-state index in [0.29, 0.717) is 18.7 Å². The molecule has 2 atom stereocenters. The van der Waals surface area contributed by atoms with Gasteiger partial charge in [-0.1, -0.05) is 81.2 Å². The zero-order valence-electron chi connectivity index (χ0n) is 20.8. The van der Waals surface area contributed by atoms with Gasteiger partial charge in [0, 0.05) is 28.0 Å². The number of ether oxygens (including phenoxy) is 1. The fourth-order valence-corrected chi connectivity index (χ4v) is 4.23. The van der Waals surface area contributed by atoms with Gasteiger partial charge in [0.15, 0.2) is 6.61 Å². The van der Waals surface area contributed by atoms with Crippen LogP contribution in [0.2, 0.25) is 0 Å². The molecular weight excluding hydrogens is 584 g/mol. The summed E-state index contributed by atoms with van der Waals surface area (Å²) in [6.07, 6.45) is 1.21. The van der Waals surface area contributed by atoms with Crippen LogP contribution >= 0.6 is 31.9 Å². The van der Waals surface area contributed by atoms with Crippen molar-refractivity contribution in [3.8, 4) is 5.75 Å². The summed E-state index contributed by atoms with van der Waals surface area (Å²) in [4.78, 5) is 28.8. The second-order valence-electron chi connectivity index (χ2n) is 8.87. The van der Waals surface area contributed by atoms with Gasteiger partial charge < -0.3 is 15.0 Å². The van der Waals surface area contributed by atoms with Crippen LogP contribution in [-0.2, 0) is 22.6 Å². The van der Waals surface area contributed by atoms with Crippen LogP contribution in [0.15, 0.2) is 81.7 Å². The number of aryl methyl sites for hydroxylation is 1. The number of rotatable bonds is 11. The molecule has 3 rings (SSSR count). The predicted octanol–water partition coefficient (Wildman–Crippen LogP) is 6.45. The maximum atomic E-state index is 13.6. The van der Waals surface area contributed by atoms with Gasteiger partial charge in [-0.2, -0.15) is 0 Å². The summed E-state index contributed by atoms with van der Waals surface area (Å²) in [5.74, 6) is 0.188. The Kier molecular flexibility index (Phi) is 10.6. The Labute approximate surface area is 230 Å². The lowest BCUT2D eigenvalue weighted by Gasteiger charge is -2.32. The SMILES string of the molecule is CC[C@H](C)NC(=O)[C@H](Cc1ccccc1)N(Cc1ccc(Br)cc1)C(=O)COc1ccc(Br)c(C)c1. The van der Waals surface area contributed by atoms with Crippen molar-refractivity contribution >= 4 is 43.7 Å². The van der Waals surface area contributed by atoms with E-state index in [1.54, 1.807) is 4.90 Å². The molecule has 0 aromatic heterocycles. The summed E-state index contributed by atoms with van der Waals surface area (Å²) < 4.78 is 7.80. The fourth-order valence-electron chi connectivity index (χ4n) is 3.72. The normalized spacial score (nSPS) is 12.5. The monoisotopic (exact) mass is 614 g/mol. The average Bonchev–Trinajstić information content (AvgIpc) is 2.88. The van der Waals surface area contributed by atoms with Gasteiger partial charge in [-0.15, -0.1) is 0 Å². The van der Waals surface area contributed by atoms with Crippen molar-refractivity contribution in [1.29, 1.82) is 0 Å². The molecule has 5 nitrogen and oxygen atoms in total. The fraction of sp³-hybridized carbons (Fsp3) is 0.310. The number of carbonyl (C=O) groups excluding carboxylic acids is 2. The van der Waals surface area contributed by atoms with Crippen LogP contribution in [0, 0.1) is 6.92 Å². The van der Waals surface area contributed by atoms with E-state index < -0.39 is 6.04 Å². The third kappa shape index (κ3) is 8.20. The maximum Gasteiger partial charge on any atom is 0.261 e. The number of carbonyl (C=O) groups is 2. The number of benzene rings is 3. The van der Waals surface area contributed by atoms with Crippen molar-refractivity contribution in [2.45, 2.75) is 52.2 Å². The minimum absolute atomic E-state index is 0.00222. The summed E-state index contributed by atoms with van der Waals surface area (Å²) >= 11 is 6.95. The molecule has 0 aliphatic carbocycles. The summed E-state index contributed by atoms with van der Waals surface area (Å²) in [5, 5.41) is 3.08. The standard InChI is InChI=1S/C29H32Br2N2O3/c1-4-21(3)32-29(35)27(17-22-8-6-5-7-9-22)33(18-23-10-12-24(30)13-11-23)28(34)19-36-25-14-15-26(31)20(2)16-25/h5-16,21,27H,4,17-19H2,1-3H3,(H,32,35)/t21-,27-/m0/s1. The molecule has 3 aromatic carbocycles. The van der Waals surface area contributed by atoms with Crippen molar-refractivity contribution < 1.29 is 14.3 Å². The number of nitrogens with zero attached hydrogens (tertiary/aromatic N) is 1. The third-order valence-corrected chi connectivity index (χ3v) is 7.45. The van der Waals surface area contributed by atoms with E-state index in [1.807, 2.05) is 93.6 Å². The van der Waals surface area contributed by atoms with Crippen molar-refractivity contribution in [2.24, 2.45) is 0 Å². The molecule has 0 aliphatic heterocycles. The predicted molar refractivity (Wildman–Crippen MR) is 151 cm³/mol. The van der Waals surface area contributed by atoms with Crippen LogP contribution in [0.3, 0.4) is 0 Å². The second kappa shape index (κ2) is 13.6. The van der Waals surface area contributed by atoms with Gasteiger partial charge in [-0.3, -0.25) is 9.59 Å². The molecule has 0 bridgehead atoms. The van der Waals surface area contributed by atoms with E-state index >= 15 is 0 Å². The first-order valence-electron chi connectivity index (χ1n) is 12.0. The van der Waals surface area contributed by atoms with Gasteiger partial charge in [-0.05, 0) is 67.3 Å². The molecule has 190 valence electrons. The molecule has 0 saturated carbocycles. The topological polar surface area (TPSA) is 58.6 Å². The molecule has 3 aromatic rings.